The zero-order valence-electron chi connectivity index (χ0n) is 18.2. The number of morpholine rings is 1. The fourth-order valence-corrected chi connectivity index (χ4v) is 3.84. The molecule has 2 saturated heterocycles. The lowest BCUT2D eigenvalue weighted by Gasteiger charge is -2.36. The smallest absolute Gasteiger partial charge is 0.253 e. The number of carbonyl (C=O) groups is 1. The van der Waals surface area contributed by atoms with E-state index < -0.39 is 0 Å². The van der Waals surface area contributed by atoms with E-state index in [4.69, 9.17) is 9.47 Å². The summed E-state index contributed by atoms with van der Waals surface area (Å²) in [7, 11) is 0. The second-order valence-corrected chi connectivity index (χ2v) is 7.88. The van der Waals surface area contributed by atoms with E-state index in [1.807, 2.05) is 35.4 Å². The van der Waals surface area contributed by atoms with Crippen LogP contribution in [-0.2, 0) is 4.74 Å². The first-order valence-electron chi connectivity index (χ1n) is 11.2. The first-order valence-corrected chi connectivity index (χ1v) is 11.2. The Morgan fingerprint density at radius 2 is 1.77 bits per heavy atom. The van der Waals surface area contributed by atoms with E-state index >= 15 is 0 Å². The molecule has 166 valence electrons. The van der Waals surface area contributed by atoms with Gasteiger partial charge in [0.15, 0.2) is 5.82 Å². The van der Waals surface area contributed by atoms with Gasteiger partial charge in [0.25, 0.3) is 5.91 Å². The number of hydrogen-bond acceptors (Lipinski definition) is 7. The van der Waals surface area contributed by atoms with Crippen molar-refractivity contribution in [1.29, 1.82) is 0 Å². The molecule has 1 amide bonds. The van der Waals surface area contributed by atoms with E-state index in [1.165, 1.54) is 0 Å². The molecule has 2 fully saturated rings. The molecule has 2 aliphatic rings. The molecular formula is C23H31N5O3. The first kappa shape index (κ1) is 21.4. The lowest BCUT2D eigenvalue weighted by Crippen LogP contribution is -2.49. The number of ether oxygens (including phenoxy) is 2. The molecule has 8 nitrogen and oxygen atoms in total. The highest BCUT2D eigenvalue weighted by Gasteiger charge is 2.24. The van der Waals surface area contributed by atoms with Crippen molar-refractivity contribution in [3.63, 3.8) is 0 Å². The van der Waals surface area contributed by atoms with Crippen LogP contribution in [-0.4, -0.2) is 80.1 Å². The summed E-state index contributed by atoms with van der Waals surface area (Å²) in [5.74, 6) is 1.74. The molecule has 0 atom stereocenters. The zero-order chi connectivity index (χ0) is 21.5. The number of hydrogen-bond donors (Lipinski definition) is 0. The SMILES string of the molecule is CCCCOc1ccc(C(=O)N2CCN(c3cc(N4CCOCC4)cnn3)CC2)cc1. The summed E-state index contributed by atoms with van der Waals surface area (Å²) in [5.41, 5.74) is 1.78. The van der Waals surface area contributed by atoms with Crippen LogP contribution in [0.3, 0.4) is 0 Å². The highest BCUT2D eigenvalue weighted by Crippen LogP contribution is 2.22. The van der Waals surface area contributed by atoms with Gasteiger partial charge in [0.2, 0.25) is 0 Å². The summed E-state index contributed by atoms with van der Waals surface area (Å²) in [5, 5.41) is 8.53. The Kier molecular flexibility index (Phi) is 7.19. The number of rotatable bonds is 7. The van der Waals surface area contributed by atoms with Gasteiger partial charge < -0.3 is 24.2 Å². The Morgan fingerprint density at radius 1 is 1.03 bits per heavy atom. The van der Waals surface area contributed by atoms with Crippen molar-refractivity contribution in [1.82, 2.24) is 15.1 Å². The molecule has 2 aromatic rings. The maximum Gasteiger partial charge on any atom is 0.253 e. The van der Waals surface area contributed by atoms with Crippen molar-refractivity contribution in [2.75, 3.05) is 68.9 Å². The van der Waals surface area contributed by atoms with Crippen molar-refractivity contribution in [2.24, 2.45) is 0 Å². The van der Waals surface area contributed by atoms with Gasteiger partial charge in [0.1, 0.15) is 5.75 Å². The quantitative estimate of drug-likeness (QED) is 0.631. The second kappa shape index (κ2) is 10.4. The third kappa shape index (κ3) is 5.44. The molecule has 0 spiro atoms. The maximum absolute atomic E-state index is 12.9. The van der Waals surface area contributed by atoms with Gasteiger partial charge in [-0.2, -0.15) is 5.10 Å². The minimum Gasteiger partial charge on any atom is -0.494 e. The van der Waals surface area contributed by atoms with E-state index in [0.29, 0.717) is 25.3 Å². The fourth-order valence-electron chi connectivity index (χ4n) is 3.84. The molecule has 0 saturated carbocycles. The number of anilines is 2. The number of aromatic nitrogens is 2. The van der Waals surface area contributed by atoms with Crippen LogP contribution in [0.15, 0.2) is 36.5 Å². The van der Waals surface area contributed by atoms with E-state index in [1.54, 1.807) is 0 Å². The molecule has 31 heavy (non-hydrogen) atoms. The number of unbranched alkanes of at least 4 members (excludes halogenated alkanes) is 1. The van der Waals surface area contributed by atoms with Gasteiger partial charge in [-0.05, 0) is 30.7 Å². The molecule has 4 rings (SSSR count). The maximum atomic E-state index is 12.9. The monoisotopic (exact) mass is 425 g/mol. The van der Waals surface area contributed by atoms with E-state index in [-0.39, 0.29) is 5.91 Å². The lowest BCUT2D eigenvalue weighted by molar-refractivity contribution is 0.0746. The number of piperazine rings is 1. The second-order valence-electron chi connectivity index (χ2n) is 7.88. The van der Waals surface area contributed by atoms with Crippen LogP contribution in [0.5, 0.6) is 5.75 Å². The Bertz CT molecular complexity index is 847. The Morgan fingerprint density at radius 3 is 2.48 bits per heavy atom. The lowest BCUT2D eigenvalue weighted by atomic mass is 10.1. The van der Waals surface area contributed by atoms with Crippen molar-refractivity contribution in [2.45, 2.75) is 19.8 Å². The average molecular weight is 426 g/mol. The van der Waals surface area contributed by atoms with Gasteiger partial charge in [-0.3, -0.25) is 4.79 Å². The third-order valence-corrected chi connectivity index (χ3v) is 5.76. The van der Waals surface area contributed by atoms with Crippen molar-refractivity contribution in [3.8, 4) is 5.75 Å². The molecule has 1 aromatic heterocycles. The summed E-state index contributed by atoms with van der Waals surface area (Å²) < 4.78 is 11.1. The van der Waals surface area contributed by atoms with Gasteiger partial charge in [-0.15, -0.1) is 5.10 Å². The molecular weight excluding hydrogens is 394 g/mol. The normalized spacial score (nSPS) is 17.0. The van der Waals surface area contributed by atoms with Crippen LogP contribution < -0.4 is 14.5 Å². The highest BCUT2D eigenvalue weighted by molar-refractivity contribution is 5.94. The predicted octanol–water partition coefficient (Wildman–Crippen LogP) is 2.45. The molecule has 0 N–H and O–H groups in total. The van der Waals surface area contributed by atoms with Gasteiger partial charge >= 0.3 is 0 Å². The predicted molar refractivity (Wildman–Crippen MR) is 120 cm³/mol. The first-order chi connectivity index (χ1) is 15.2. The van der Waals surface area contributed by atoms with Gasteiger partial charge in [0, 0.05) is 50.9 Å². The van der Waals surface area contributed by atoms with Crippen molar-refractivity contribution < 1.29 is 14.3 Å². The van der Waals surface area contributed by atoms with Crippen molar-refractivity contribution in [3.05, 3.63) is 42.1 Å². The van der Waals surface area contributed by atoms with Gasteiger partial charge in [0.05, 0.1) is 31.7 Å². The Labute approximate surface area is 183 Å². The summed E-state index contributed by atoms with van der Waals surface area (Å²) in [6, 6.07) is 9.56. The van der Waals surface area contributed by atoms with Gasteiger partial charge in [-0.25, -0.2) is 0 Å². The summed E-state index contributed by atoms with van der Waals surface area (Å²) >= 11 is 0. The van der Waals surface area contributed by atoms with E-state index in [0.717, 1.165) is 69.5 Å². The molecule has 0 bridgehead atoms. The Balaban J connectivity index is 1.31. The van der Waals surface area contributed by atoms with Crippen LogP contribution in [0, 0.1) is 0 Å². The number of carbonyl (C=O) groups excluding carboxylic acids is 1. The number of amides is 1. The zero-order valence-corrected chi connectivity index (χ0v) is 18.2. The van der Waals surface area contributed by atoms with Gasteiger partial charge in [-0.1, -0.05) is 13.3 Å². The van der Waals surface area contributed by atoms with Crippen LogP contribution >= 0.6 is 0 Å². The van der Waals surface area contributed by atoms with Crippen LogP contribution in [0.25, 0.3) is 0 Å². The van der Waals surface area contributed by atoms with Crippen LogP contribution in [0.2, 0.25) is 0 Å². The number of benzene rings is 1. The number of nitrogens with zero attached hydrogens (tertiary/aromatic N) is 5. The molecule has 0 unspecified atom stereocenters. The molecule has 1 aromatic carbocycles. The summed E-state index contributed by atoms with van der Waals surface area (Å²) in [6.07, 6.45) is 3.94. The van der Waals surface area contributed by atoms with E-state index in [2.05, 4.69) is 33.0 Å². The largest absolute Gasteiger partial charge is 0.494 e. The van der Waals surface area contributed by atoms with Crippen LogP contribution in [0.1, 0.15) is 30.1 Å². The fraction of sp³-hybridized carbons (Fsp3) is 0.522. The summed E-state index contributed by atoms with van der Waals surface area (Å²) in [6.45, 7) is 8.88. The average Bonchev–Trinajstić information content (AvgIpc) is 2.85. The molecule has 8 heteroatoms. The molecule has 3 heterocycles. The highest BCUT2D eigenvalue weighted by atomic mass is 16.5. The summed E-state index contributed by atoms with van der Waals surface area (Å²) in [4.78, 5) is 19.3. The topological polar surface area (TPSA) is 71.0 Å². The molecule has 2 aliphatic heterocycles. The molecule has 0 aliphatic carbocycles. The Hall–Kier alpha value is -2.87. The minimum absolute atomic E-state index is 0.0629. The minimum atomic E-state index is 0.0629. The van der Waals surface area contributed by atoms with E-state index in [9.17, 15) is 4.79 Å². The van der Waals surface area contributed by atoms with Crippen LogP contribution in [0.4, 0.5) is 11.5 Å². The standard InChI is InChI=1S/C23H31N5O3/c1-2-3-14-31-21-6-4-19(5-7-21)23(29)28-10-8-27(9-11-28)22-17-20(18-24-25-22)26-12-15-30-16-13-26/h4-7,17-18H,2-3,8-16H2,1H3. The molecule has 0 radical (unpaired) electrons. The van der Waals surface area contributed by atoms with Crippen molar-refractivity contribution >= 4 is 17.4 Å². The third-order valence-electron chi connectivity index (χ3n) is 5.76.